The molecule has 1 aliphatic carbocycles. The summed E-state index contributed by atoms with van der Waals surface area (Å²) in [6.45, 7) is 9.24. The highest BCUT2D eigenvalue weighted by molar-refractivity contribution is 5.82. The first kappa shape index (κ1) is 17.9. The van der Waals surface area contributed by atoms with Crippen molar-refractivity contribution in [2.75, 3.05) is 45.8 Å². The Balaban J connectivity index is 1.40. The van der Waals surface area contributed by atoms with E-state index in [2.05, 4.69) is 15.1 Å². The van der Waals surface area contributed by atoms with Crippen molar-refractivity contribution in [3.05, 3.63) is 0 Å². The number of hydrogen-bond acceptors (Lipinski definition) is 4. The second-order valence-corrected chi connectivity index (χ2v) is 7.85. The van der Waals surface area contributed by atoms with Gasteiger partial charge in [0.1, 0.15) is 5.78 Å². The van der Waals surface area contributed by atoms with Crippen LogP contribution in [0.15, 0.2) is 0 Å². The second-order valence-electron chi connectivity index (χ2n) is 7.85. The van der Waals surface area contributed by atoms with E-state index in [4.69, 9.17) is 0 Å². The third-order valence-corrected chi connectivity index (χ3v) is 6.24. The molecule has 2 heterocycles. The Morgan fingerprint density at radius 3 is 2.21 bits per heavy atom. The Kier molecular flexibility index (Phi) is 6.28. The monoisotopic (exact) mass is 335 g/mol. The zero-order chi connectivity index (χ0) is 16.9. The summed E-state index contributed by atoms with van der Waals surface area (Å²) in [6.07, 6.45) is 5.57. The van der Waals surface area contributed by atoms with Gasteiger partial charge in [-0.2, -0.15) is 0 Å². The number of ketones is 1. The minimum absolute atomic E-state index is 0.163. The SMILES string of the molecule is CCC(=O)C1CCC(C(=O)N2CCN(CC3CCNC3)CC2)CC1. The standard InChI is InChI=1S/C19H33N3O2/c1-2-18(23)16-3-5-17(6-4-16)19(24)22-11-9-21(10-12-22)14-15-7-8-20-13-15/h15-17,20H,2-14H2,1H3. The van der Waals surface area contributed by atoms with Crippen LogP contribution in [0.5, 0.6) is 0 Å². The summed E-state index contributed by atoms with van der Waals surface area (Å²) in [5.41, 5.74) is 0. The lowest BCUT2D eigenvalue weighted by Crippen LogP contribution is -2.51. The Morgan fingerprint density at radius 2 is 1.62 bits per heavy atom. The molecule has 136 valence electrons. The number of carbonyl (C=O) groups is 2. The number of rotatable bonds is 5. The van der Waals surface area contributed by atoms with Gasteiger partial charge in [0.25, 0.3) is 0 Å². The number of carbonyl (C=O) groups excluding carboxylic acids is 2. The van der Waals surface area contributed by atoms with E-state index in [1.165, 1.54) is 13.0 Å². The zero-order valence-electron chi connectivity index (χ0n) is 15.1. The van der Waals surface area contributed by atoms with Crippen LogP contribution in [0.3, 0.4) is 0 Å². The lowest BCUT2D eigenvalue weighted by molar-refractivity contribution is -0.139. The highest BCUT2D eigenvalue weighted by Crippen LogP contribution is 2.31. The average molecular weight is 335 g/mol. The van der Waals surface area contributed by atoms with Gasteiger partial charge in [0.2, 0.25) is 5.91 Å². The van der Waals surface area contributed by atoms with Crippen molar-refractivity contribution >= 4 is 11.7 Å². The van der Waals surface area contributed by atoms with Crippen molar-refractivity contribution in [3.8, 4) is 0 Å². The first-order valence-electron chi connectivity index (χ1n) is 9.92. The van der Waals surface area contributed by atoms with Gasteiger partial charge in [-0.1, -0.05) is 6.92 Å². The number of nitrogens with one attached hydrogen (secondary N) is 1. The van der Waals surface area contributed by atoms with Gasteiger partial charge in [-0.15, -0.1) is 0 Å². The van der Waals surface area contributed by atoms with Crippen LogP contribution in [0.4, 0.5) is 0 Å². The molecule has 1 atom stereocenters. The molecule has 1 amide bonds. The highest BCUT2D eigenvalue weighted by Gasteiger charge is 2.33. The van der Waals surface area contributed by atoms with Crippen LogP contribution in [0.2, 0.25) is 0 Å². The van der Waals surface area contributed by atoms with E-state index in [-0.39, 0.29) is 11.8 Å². The molecule has 5 heteroatoms. The molecule has 3 rings (SSSR count). The molecular weight excluding hydrogens is 302 g/mol. The second kappa shape index (κ2) is 8.43. The summed E-state index contributed by atoms with van der Waals surface area (Å²) in [5.74, 6) is 1.90. The predicted molar refractivity (Wildman–Crippen MR) is 94.7 cm³/mol. The van der Waals surface area contributed by atoms with Gasteiger partial charge in [-0.3, -0.25) is 14.5 Å². The Hall–Kier alpha value is -0.940. The summed E-state index contributed by atoms with van der Waals surface area (Å²) in [4.78, 5) is 29.2. The molecule has 3 aliphatic rings. The third-order valence-electron chi connectivity index (χ3n) is 6.24. The van der Waals surface area contributed by atoms with Crippen molar-refractivity contribution < 1.29 is 9.59 Å². The zero-order valence-corrected chi connectivity index (χ0v) is 15.1. The Morgan fingerprint density at radius 1 is 0.958 bits per heavy atom. The molecular formula is C19H33N3O2. The number of piperazine rings is 1. The Labute approximate surface area is 146 Å². The lowest BCUT2D eigenvalue weighted by atomic mass is 9.79. The summed E-state index contributed by atoms with van der Waals surface area (Å²) in [6, 6.07) is 0. The van der Waals surface area contributed by atoms with Gasteiger partial charge in [0.15, 0.2) is 0 Å². The van der Waals surface area contributed by atoms with E-state index >= 15 is 0 Å². The summed E-state index contributed by atoms with van der Waals surface area (Å²) < 4.78 is 0. The largest absolute Gasteiger partial charge is 0.340 e. The first-order valence-corrected chi connectivity index (χ1v) is 9.92. The minimum Gasteiger partial charge on any atom is -0.340 e. The molecule has 2 aliphatic heterocycles. The molecule has 0 aromatic carbocycles. The van der Waals surface area contributed by atoms with Crippen LogP contribution in [-0.4, -0.2) is 67.3 Å². The molecule has 2 saturated heterocycles. The minimum atomic E-state index is 0.163. The van der Waals surface area contributed by atoms with E-state index in [0.717, 1.165) is 70.9 Å². The maximum absolute atomic E-state index is 12.8. The van der Waals surface area contributed by atoms with Crippen molar-refractivity contribution in [3.63, 3.8) is 0 Å². The number of hydrogen-bond donors (Lipinski definition) is 1. The van der Waals surface area contributed by atoms with Crippen LogP contribution < -0.4 is 5.32 Å². The van der Waals surface area contributed by atoms with E-state index in [1.807, 2.05) is 6.92 Å². The fourth-order valence-electron chi connectivity index (χ4n) is 4.60. The molecule has 0 aromatic rings. The van der Waals surface area contributed by atoms with Crippen LogP contribution in [0, 0.1) is 17.8 Å². The van der Waals surface area contributed by atoms with Crippen molar-refractivity contribution in [2.24, 2.45) is 17.8 Å². The van der Waals surface area contributed by atoms with Gasteiger partial charge in [0, 0.05) is 51.0 Å². The summed E-state index contributed by atoms with van der Waals surface area (Å²) >= 11 is 0. The topological polar surface area (TPSA) is 52.7 Å². The van der Waals surface area contributed by atoms with Crippen LogP contribution >= 0.6 is 0 Å². The van der Waals surface area contributed by atoms with E-state index in [0.29, 0.717) is 18.1 Å². The lowest BCUT2D eigenvalue weighted by Gasteiger charge is -2.38. The average Bonchev–Trinajstić information content (AvgIpc) is 3.14. The fourth-order valence-corrected chi connectivity index (χ4v) is 4.60. The smallest absolute Gasteiger partial charge is 0.225 e. The van der Waals surface area contributed by atoms with Crippen LogP contribution in [0.1, 0.15) is 45.4 Å². The number of Topliss-reactive ketones (excluding diaryl/α,β-unsaturated/α-hetero) is 1. The molecule has 0 spiro atoms. The molecule has 24 heavy (non-hydrogen) atoms. The highest BCUT2D eigenvalue weighted by atomic mass is 16.2. The first-order chi connectivity index (χ1) is 11.7. The van der Waals surface area contributed by atoms with Crippen molar-refractivity contribution in [2.45, 2.75) is 45.4 Å². The third kappa shape index (κ3) is 4.37. The molecule has 1 saturated carbocycles. The summed E-state index contributed by atoms with van der Waals surface area (Å²) in [7, 11) is 0. The number of amides is 1. The molecule has 5 nitrogen and oxygen atoms in total. The quantitative estimate of drug-likeness (QED) is 0.828. The summed E-state index contributed by atoms with van der Waals surface area (Å²) in [5, 5.41) is 3.43. The Bertz CT molecular complexity index is 432. The van der Waals surface area contributed by atoms with Gasteiger partial charge < -0.3 is 10.2 Å². The maximum Gasteiger partial charge on any atom is 0.225 e. The van der Waals surface area contributed by atoms with Gasteiger partial charge in [0.05, 0.1) is 0 Å². The molecule has 3 fully saturated rings. The van der Waals surface area contributed by atoms with E-state index in [9.17, 15) is 9.59 Å². The van der Waals surface area contributed by atoms with Crippen LogP contribution in [0.25, 0.3) is 0 Å². The molecule has 1 N–H and O–H groups in total. The molecule has 0 bridgehead atoms. The van der Waals surface area contributed by atoms with Crippen molar-refractivity contribution in [1.82, 2.24) is 15.1 Å². The van der Waals surface area contributed by atoms with E-state index < -0.39 is 0 Å². The van der Waals surface area contributed by atoms with Gasteiger partial charge in [-0.25, -0.2) is 0 Å². The van der Waals surface area contributed by atoms with Crippen LogP contribution in [-0.2, 0) is 9.59 Å². The molecule has 1 unspecified atom stereocenters. The van der Waals surface area contributed by atoms with E-state index in [1.54, 1.807) is 0 Å². The van der Waals surface area contributed by atoms with Gasteiger partial charge in [-0.05, 0) is 51.1 Å². The molecule has 0 aromatic heterocycles. The normalized spacial score (nSPS) is 32.0. The maximum atomic E-state index is 12.8. The predicted octanol–water partition coefficient (Wildman–Crippen LogP) is 1.53. The molecule has 0 radical (unpaired) electrons. The van der Waals surface area contributed by atoms with Crippen molar-refractivity contribution in [1.29, 1.82) is 0 Å². The fraction of sp³-hybridized carbons (Fsp3) is 0.895. The van der Waals surface area contributed by atoms with Gasteiger partial charge >= 0.3 is 0 Å². The number of nitrogens with zero attached hydrogens (tertiary/aromatic N) is 2.